The average molecular weight is 203 g/mol. The summed E-state index contributed by atoms with van der Waals surface area (Å²) in [4.78, 5) is 2.28. The summed E-state index contributed by atoms with van der Waals surface area (Å²) in [6.07, 6.45) is 0.344. The second-order valence-corrected chi connectivity index (χ2v) is 4.05. The topological polar surface area (TPSA) is 41.9 Å². The summed E-state index contributed by atoms with van der Waals surface area (Å²) in [5.74, 6) is 0.322. The van der Waals surface area contributed by atoms with E-state index in [9.17, 15) is 0 Å². The highest BCUT2D eigenvalue weighted by molar-refractivity contribution is 4.86. The number of likely N-dealkylation sites (tertiary alicyclic amines) is 1. The third kappa shape index (κ3) is 2.92. The standard InChI is InChI=1S/C10H21NO3/c1-8(7-12)4-11-5-9(13-2)10(6-11)14-3/h8-10,12H,4-7H2,1-3H3. The van der Waals surface area contributed by atoms with Crippen LogP contribution < -0.4 is 0 Å². The first-order chi connectivity index (χ1) is 6.71. The van der Waals surface area contributed by atoms with E-state index >= 15 is 0 Å². The summed E-state index contributed by atoms with van der Waals surface area (Å²) >= 11 is 0. The van der Waals surface area contributed by atoms with Crippen LogP contribution in [0, 0.1) is 5.92 Å². The van der Waals surface area contributed by atoms with Gasteiger partial charge in [-0.15, -0.1) is 0 Å². The molecular formula is C10H21NO3. The van der Waals surface area contributed by atoms with Crippen LogP contribution in [0.15, 0.2) is 0 Å². The number of hydrogen-bond acceptors (Lipinski definition) is 4. The molecule has 1 aliphatic rings. The second-order valence-electron chi connectivity index (χ2n) is 4.05. The molecule has 0 radical (unpaired) electrons. The zero-order valence-corrected chi connectivity index (χ0v) is 9.27. The molecule has 1 fully saturated rings. The Kier molecular flexibility index (Phi) is 4.81. The van der Waals surface area contributed by atoms with Crippen molar-refractivity contribution >= 4 is 0 Å². The fourth-order valence-corrected chi connectivity index (χ4v) is 1.92. The maximum Gasteiger partial charge on any atom is 0.0971 e. The molecule has 4 nitrogen and oxygen atoms in total. The number of methoxy groups -OCH3 is 2. The van der Waals surface area contributed by atoms with Crippen molar-refractivity contribution in [2.75, 3.05) is 40.5 Å². The Bertz CT molecular complexity index is 153. The van der Waals surface area contributed by atoms with Gasteiger partial charge in [-0.05, 0) is 5.92 Å². The van der Waals surface area contributed by atoms with Crippen LogP contribution in [0.5, 0.6) is 0 Å². The van der Waals surface area contributed by atoms with Crippen molar-refractivity contribution in [2.45, 2.75) is 19.1 Å². The van der Waals surface area contributed by atoms with Gasteiger partial charge in [-0.2, -0.15) is 0 Å². The van der Waals surface area contributed by atoms with Crippen molar-refractivity contribution in [3.63, 3.8) is 0 Å². The number of rotatable bonds is 5. The number of aliphatic hydroxyl groups excluding tert-OH is 1. The fourth-order valence-electron chi connectivity index (χ4n) is 1.92. The van der Waals surface area contributed by atoms with E-state index in [0.29, 0.717) is 5.92 Å². The molecule has 1 rings (SSSR count). The number of ether oxygens (including phenoxy) is 2. The molecule has 0 aromatic carbocycles. The molecule has 3 unspecified atom stereocenters. The summed E-state index contributed by atoms with van der Waals surface area (Å²) < 4.78 is 10.7. The van der Waals surface area contributed by atoms with E-state index in [1.807, 2.05) is 6.92 Å². The van der Waals surface area contributed by atoms with E-state index in [1.165, 1.54) is 0 Å². The second kappa shape index (κ2) is 5.66. The van der Waals surface area contributed by atoms with Crippen molar-refractivity contribution in [1.82, 2.24) is 4.90 Å². The fraction of sp³-hybridized carbons (Fsp3) is 1.00. The Balaban J connectivity index is 2.37. The number of hydrogen-bond donors (Lipinski definition) is 1. The lowest BCUT2D eigenvalue weighted by atomic mass is 10.2. The molecule has 0 aromatic rings. The Hall–Kier alpha value is -0.160. The van der Waals surface area contributed by atoms with E-state index in [1.54, 1.807) is 14.2 Å². The summed E-state index contributed by atoms with van der Waals surface area (Å²) in [6, 6.07) is 0. The van der Waals surface area contributed by atoms with Crippen LogP contribution in [-0.2, 0) is 9.47 Å². The third-order valence-corrected chi connectivity index (χ3v) is 2.78. The van der Waals surface area contributed by atoms with Crippen LogP contribution in [0.25, 0.3) is 0 Å². The van der Waals surface area contributed by atoms with E-state index < -0.39 is 0 Å². The maximum absolute atomic E-state index is 8.95. The molecule has 4 heteroatoms. The Morgan fingerprint density at radius 2 is 1.79 bits per heavy atom. The molecule has 84 valence electrons. The van der Waals surface area contributed by atoms with Gasteiger partial charge in [-0.3, -0.25) is 4.90 Å². The Morgan fingerprint density at radius 3 is 2.14 bits per heavy atom. The lowest BCUT2D eigenvalue weighted by Crippen LogP contribution is -2.29. The highest BCUT2D eigenvalue weighted by Crippen LogP contribution is 2.16. The molecule has 1 N–H and O–H groups in total. The Morgan fingerprint density at radius 1 is 1.29 bits per heavy atom. The molecule has 1 aliphatic heterocycles. The predicted molar refractivity (Wildman–Crippen MR) is 54.3 cm³/mol. The van der Waals surface area contributed by atoms with E-state index in [2.05, 4.69) is 4.90 Å². The van der Waals surface area contributed by atoms with Gasteiger partial charge in [0.2, 0.25) is 0 Å². The van der Waals surface area contributed by atoms with Gasteiger partial charge >= 0.3 is 0 Å². The lowest BCUT2D eigenvalue weighted by Gasteiger charge is -2.18. The first-order valence-electron chi connectivity index (χ1n) is 5.10. The normalized spacial score (nSPS) is 30.9. The van der Waals surface area contributed by atoms with Crippen LogP contribution in [0.3, 0.4) is 0 Å². The van der Waals surface area contributed by atoms with Crippen LogP contribution in [0.1, 0.15) is 6.92 Å². The molecule has 0 aromatic heterocycles. The largest absolute Gasteiger partial charge is 0.396 e. The minimum Gasteiger partial charge on any atom is -0.396 e. The average Bonchev–Trinajstić information content (AvgIpc) is 2.59. The third-order valence-electron chi connectivity index (χ3n) is 2.78. The summed E-state index contributed by atoms with van der Waals surface area (Å²) in [6.45, 7) is 5.00. The van der Waals surface area contributed by atoms with Gasteiger partial charge in [0.25, 0.3) is 0 Å². The van der Waals surface area contributed by atoms with Gasteiger partial charge in [-0.25, -0.2) is 0 Å². The zero-order valence-electron chi connectivity index (χ0n) is 9.27. The van der Waals surface area contributed by atoms with Gasteiger partial charge in [-0.1, -0.05) is 6.92 Å². The molecule has 0 bridgehead atoms. The predicted octanol–water partition coefficient (Wildman–Crippen LogP) is -0.0396. The molecule has 0 saturated carbocycles. The molecule has 3 atom stereocenters. The molecule has 1 heterocycles. The lowest BCUT2D eigenvalue weighted by molar-refractivity contribution is -0.00461. The van der Waals surface area contributed by atoms with Crippen molar-refractivity contribution in [1.29, 1.82) is 0 Å². The highest BCUT2D eigenvalue weighted by atomic mass is 16.5. The smallest absolute Gasteiger partial charge is 0.0971 e. The van der Waals surface area contributed by atoms with Crippen molar-refractivity contribution < 1.29 is 14.6 Å². The minimum atomic E-state index is 0.172. The number of nitrogens with zero attached hydrogens (tertiary/aromatic N) is 1. The molecule has 0 amide bonds. The van der Waals surface area contributed by atoms with Gasteiger partial charge in [0.15, 0.2) is 0 Å². The molecular weight excluding hydrogens is 182 g/mol. The van der Waals surface area contributed by atoms with Crippen LogP contribution >= 0.6 is 0 Å². The van der Waals surface area contributed by atoms with Gasteiger partial charge in [0, 0.05) is 40.5 Å². The van der Waals surface area contributed by atoms with Crippen LogP contribution in [0.4, 0.5) is 0 Å². The van der Waals surface area contributed by atoms with E-state index in [0.717, 1.165) is 19.6 Å². The van der Waals surface area contributed by atoms with Crippen molar-refractivity contribution in [3.05, 3.63) is 0 Å². The summed E-state index contributed by atoms with van der Waals surface area (Å²) in [7, 11) is 3.44. The number of aliphatic hydroxyl groups is 1. The quantitative estimate of drug-likeness (QED) is 0.681. The van der Waals surface area contributed by atoms with Crippen molar-refractivity contribution in [2.24, 2.45) is 5.92 Å². The van der Waals surface area contributed by atoms with Crippen LogP contribution in [0.2, 0.25) is 0 Å². The molecule has 0 aliphatic carbocycles. The van der Waals surface area contributed by atoms with Gasteiger partial charge in [0.05, 0.1) is 12.2 Å². The summed E-state index contributed by atoms with van der Waals surface area (Å²) in [5.41, 5.74) is 0. The first-order valence-corrected chi connectivity index (χ1v) is 5.10. The maximum atomic E-state index is 8.95. The monoisotopic (exact) mass is 203 g/mol. The first kappa shape index (κ1) is 11.9. The zero-order chi connectivity index (χ0) is 10.6. The highest BCUT2D eigenvalue weighted by Gasteiger charge is 2.33. The molecule has 0 spiro atoms. The van der Waals surface area contributed by atoms with Crippen molar-refractivity contribution in [3.8, 4) is 0 Å². The minimum absolute atomic E-state index is 0.172. The van der Waals surface area contributed by atoms with Gasteiger partial charge < -0.3 is 14.6 Å². The summed E-state index contributed by atoms with van der Waals surface area (Å²) in [5, 5.41) is 8.95. The van der Waals surface area contributed by atoms with E-state index in [-0.39, 0.29) is 18.8 Å². The SMILES string of the molecule is COC1CN(CC(C)CO)CC1OC. The van der Waals surface area contributed by atoms with Crippen LogP contribution in [-0.4, -0.2) is 62.7 Å². The van der Waals surface area contributed by atoms with Gasteiger partial charge in [0.1, 0.15) is 0 Å². The Labute approximate surface area is 85.8 Å². The molecule has 14 heavy (non-hydrogen) atoms. The van der Waals surface area contributed by atoms with E-state index in [4.69, 9.17) is 14.6 Å². The molecule has 1 saturated heterocycles.